The lowest BCUT2D eigenvalue weighted by Crippen LogP contribution is -2.35. The van der Waals surface area contributed by atoms with E-state index in [9.17, 15) is 4.39 Å². The molecule has 5 heteroatoms. The first-order valence-corrected chi connectivity index (χ1v) is 9.34. The zero-order chi connectivity index (χ0) is 17.4. The number of likely N-dealkylation sites (tertiary alicyclic amines) is 1. The van der Waals surface area contributed by atoms with Gasteiger partial charge in [0.05, 0.1) is 13.2 Å². The van der Waals surface area contributed by atoms with Crippen molar-refractivity contribution in [3.8, 4) is 17.1 Å². The molecule has 3 heterocycles. The van der Waals surface area contributed by atoms with Gasteiger partial charge in [-0.15, -0.1) is 0 Å². The molecule has 4 nitrogen and oxygen atoms in total. The molecule has 0 amide bonds. The summed E-state index contributed by atoms with van der Waals surface area (Å²) in [4.78, 5) is 2.52. The normalized spacial score (nSPS) is 20.7. The fourth-order valence-corrected chi connectivity index (χ4v) is 4.04. The van der Waals surface area contributed by atoms with Crippen molar-refractivity contribution in [2.75, 3.05) is 26.2 Å². The van der Waals surface area contributed by atoms with E-state index in [1.165, 1.54) is 32.0 Å². The Hall–Kier alpha value is -1.88. The van der Waals surface area contributed by atoms with Crippen LogP contribution < -0.4 is 4.74 Å². The van der Waals surface area contributed by atoms with Crippen LogP contribution in [0.15, 0.2) is 24.3 Å². The molecular weight excluding hydrogens is 317 g/mol. The molecular formula is C20H26FN3O. The van der Waals surface area contributed by atoms with E-state index in [-0.39, 0.29) is 11.7 Å². The summed E-state index contributed by atoms with van der Waals surface area (Å²) in [5.74, 6) is 1.27. The summed E-state index contributed by atoms with van der Waals surface area (Å²) in [5, 5.41) is 4.76. The van der Waals surface area contributed by atoms with Gasteiger partial charge in [0, 0.05) is 23.6 Å². The quantitative estimate of drug-likeness (QED) is 0.843. The maximum absolute atomic E-state index is 14.3. The van der Waals surface area contributed by atoms with Gasteiger partial charge in [0.2, 0.25) is 5.88 Å². The third-order valence-corrected chi connectivity index (χ3v) is 5.25. The lowest BCUT2D eigenvalue weighted by Gasteiger charge is -2.28. The number of benzene rings is 1. The number of fused-ring (bicyclic) bond motifs is 1. The molecule has 2 aromatic rings. The third-order valence-electron chi connectivity index (χ3n) is 5.25. The van der Waals surface area contributed by atoms with Crippen molar-refractivity contribution in [3.63, 3.8) is 0 Å². The SMILES string of the molecule is CC(C)c1c(-c2ccccc2F)nn2c1OCC(CN1CCCC1)C2. The van der Waals surface area contributed by atoms with E-state index in [4.69, 9.17) is 9.84 Å². The maximum Gasteiger partial charge on any atom is 0.215 e. The topological polar surface area (TPSA) is 30.3 Å². The first-order valence-electron chi connectivity index (χ1n) is 9.34. The third kappa shape index (κ3) is 3.17. The highest BCUT2D eigenvalue weighted by molar-refractivity contribution is 5.67. The van der Waals surface area contributed by atoms with Gasteiger partial charge in [0.15, 0.2) is 0 Å². The Morgan fingerprint density at radius 3 is 2.72 bits per heavy atom. The molecule has 1 aromatic carbocycles. The lowest BCUT2D eigenvalue weighted by atomic mass is 9.98. The van der Waals surface area contributed by atoms with Gasteiger partial charge in [-0.1, -0.05) is 26.0 Å². The Kier molecular flexibility index (Phi) is 4.50. The maximum atomic E-state index is 14.3. The Balaban J connectivity index is 1.65. The molecule has 0 bridgehead atoms. The summed E-state index contributed by atoms with van der Waals surface area (Å²) in [6.45, 7) is 9.24. The molecule has 134 valence electrons. The van der Waals surface area contributed by atoms with Crippen LogP contribution in [-0.4, -0.2) is 40.9 Å². The highest BCUT2D eigenvalue weighted by Gasteiger charge is 2.30. The average Bonchev–Trinajstić information content (AvgIpc) is 3.22. The van der Waals surface area contributed by atoms with E-state index < -0.39 is 0 Å². The van der Waals surface area contributed by atoms with Gasteiger partial charge in [-0.25, -0.2) is 9.07 Å². The molecule has 1 atom stereocenters. The van der Waals surface area contributed by atoms with E-state index in [1.54, 1.807) is 12.1 Å². The molecule has 1 aromatic heterocycles. The fourth-order valence-electron chi connectivity index (χ4n) is 4.04. The number of ether oxygens (including phenoxy) is 1. The van der Waals surface area contributed by atoms with Crippen LogP contribution in [0.4, 0.5) is 4.39 Å². The average molecular weight is 343 g/mol. The van der Waals surface area contributed by atoms with Gasteiger partial charge >= 0.3 is 0 Å². The van der Waals surface area contributed by atoms with Crippen molar-refractivity contribution in [2.45, 2.75) is 39.2 Å². The minimum atomic E-state index is -0.228. The summed E-state index contributed by atoms with van der Waals surface area (Å²) in [6, 6.07) is 6.87. The van der Waals surface area contributed by atoms with Crippen molar-refractivity contribution in [3.05, 3.63) is 35.6 Å². The first kappa shape index (κ1) is 16.6. The van der Waals surface area contributed by atoms with E-state index in [2.05, 4.69) is 18.7 Å². The van der Waals surface area contributed by atoms with Crippen molar-refractivity contribution in [2.24, 2.45) is 5.92 Å². The number of hydrogen-bond donors (Lipinski definition) is 0. The highest BCUT2D eigenvalue weighted by atomic mass is 19.1. The molecule has 0 radical (unpaired) electrons. The smallest absolute Gasteiger partial charge is 0.215 e. The Bertz CT molecular complexity index is 749. The number of halogens is 1. The molecule has 25 heavy (non-hydrogen) atoms. The molecule has 1 unspecified atom stereocenters. The van der Waals surface area contributed by atoms with Crippen molar-refractivity contribution < 1.29 is 9.13 Å². The summed E-state index contributed by atoms with van der Waals surface area (Å²) in [5.41, 5.74) is 2.31. The molecule has 0 N–H and O–H groups in total. The molecule has 0 aliphatic carbocycles. The van der Waals surface area contributed by atoms with E-state index in [0.29, 0.717) is 11.5 Å². The molecule has 0 saturated carbocycles. The van der Waals surface area contributed by atoms with Crippen molar-refractivity contribution in [1.82, 2.24) is 14.7 Å². The summed E-state index contributed by atoms with van der Waals surface area (Å²) in [7, 11) is 0. The van der Waals surface area contributed by atoms with Crippen LogP contribution in [0.25, 0.3) is 11.3 Å². The molecule has 2 aliphatic rings. The first-order chi connectivity index (χ1) is 12.1. The van der Waals surface area contributed by atoms with Gasteiger partial charge < -0.3 is 9.64 Å². The summed E-state index contributed by atoms with van der Waals surface area (Å²) < 4.78 is 22.4. The molecule has 2 aliphatic heterocycles. The van der Waals surface area contributed by atoms with Crippen LogP contribution in [0.3, 0.4) is 0 Å². The van der Waals surface area contributed by atoms with Crippen LogP contribution in [-0.2, 0) is 6.54 Å². The van der Waals surface area contributed by atoms with Gasteiger partial charge in [0.1, 0.15) is 11.5 Å². The monoisotopic (exact) mass is 343 g/mol. The second-order valence-electron chi connectivity index (χ2n) is 7.57. The van der Waals surface area contributed by atoms with Crippen molar-refractivity contribution in [1.29, 1.82) is 0 Å². The highest BCUT2D eigenvalue weighted by Crippen LogP contribution is 2.39. The standard InChI is InChI=1S/C20H26FN3O/c1-14(2)18-19(16-7-3-4-8-17(16)21)22-24-12-15(13-25-20(18)24)11-23-9-5-6-10-23/h3-4,7-8,14-15H,5-6,9-13H2,1-2H3. The van der Waals surface area contributed by atoms with Gasteiger partial charge in [-0.2, -0.15) is 5.10 Å². The number of hydrogen-bond acceptors (Lipinski definition) is 3. The molecule has 0 spiro atoms. The number of rotatable bonds is 4. The predicted octanol–water partition coefficient (Wildman–Crippen LogP) is 3.92. The number of aromatic nitrogens is 2. The van der Waals surface area contributed by atoms with Gasteiger partial charge in [0.25, 0.3) is 0 Å². The second-order valence-corrected chi connectivity index (χ2v) is 7.57. The molecule has 1 fully saturated rings. The summed E-state index contributed by atoms with van der Waals surface area (Å²) >= 11 is 0. The number of nitrogens with zero attached hydrogens (tertiary/aromatic N) is 3. The van der Waals surface area contributed by atoms with Crippen LogP contribution in [0, 0.1) is 11.7 Å². The second kappa shape index (κ2) is 6.79. The largest absolute Gasteiger partial charge is 0.477 e. The van der Waals surface area contributed by atoms with Crippen LogP contribution in [0.1, 0.15) is 38.2 Å². The summed E-state index contributed by atoms with van der Waals surface area (Å²) in [6.07, 6.45) is 2.60. The van der Waals surface area contributed by atoms with E-state index >= 15 is 0 Å². The van der Waals surface area contributed by atoms with E-state index in [1.807, 2.05) is 10.7 Å². The molecule has 4 rings (SSSR count). The zero-order valence-electron chi connectivity index (χ0n) is 15.0. The molecule has 1 saturated heterocycles. The Morgan fingerprint density at radius 2 is 2.00 bits per heavy atom. The van der Waals surface area contributed by atoms with E-state index in [0.717, 1.165) is 36.8 Å². The van der Waals surface area contributed by atoms with Crippen LogP contribution in [0.5, 0.6) is 5.88 Å². The zero-order valence-corrected chi connectivity index (χ0v) is 15.0. The Morgan fingerprint density at radius 1 is 1.24 bits per heavy atom. The van der Waals surface area contributed by atoms with Gasteiger partial charge in [-0.05, 0) is 44.0 Å². The fraction of sp³-hybridized carbons (Fsp3) is 0.550. The van der Waals surface area contributed by atoms with Crippen LogP contribution in [0.2, 0.25) is 0 Å². The van der Waals surface area contributed by atoms with Crippen molar-refractivity contribution >= 4 is 0 Å². The van der Waals surface area contributed by atoms with Gasteiger partial charge in [-0.3, -0.25) is 0 Å². The predicted molar refractivity (Wildman–Crippen MR) is 96.4 cm³/mol. The Labute approximate surface area is 148 Å². The minimum absolute atomic E-state index is 0.228. The van der Waals surface area contributed by atoms with Crippen LogP contribution >= 0.6 is 0 Å². The lowest BCUT2D eigenvalue weighted by molar-refractivity contribution is 0.129. The minimum Gasteiger partial charge on any atom is -0.477 e.